The molecule has 7 nitrogen and oxygen atoms in total. The zero-order chi connectivity index (χ0) is 14.7. The van der Waals surface area contributed by atoms with Crippen molar-refractivity contribution in [3.05, 3.63) is 5.01 Å². The number of hydrogen-bond donors (Lipinski definition) is 2. The van der Waals surface area contributed by atoms with Crippen molar-refractivity contribution in [1.82, 2.24) is 15.5 Å². The van der Waals surface area contributed by atoms with Gasteiger partial charge in [-0.1, -0.05) is 11.3 Å². The molecule has 0 atom stereocenters. The first-order chi connectivity index (χ1) is 8.67. The quantitative estimate of drug-likeness (QED) is 0.794. The minimum atomic E-state index is -3.24. The van der Waals surface area contributed by atoms with E-state index in [-0.39, 0.29) is 11.6 Å². The average molecular weight is 306 g/mol. The second-order valence-electron chi connectivity index (χ2n) is 4.66. The van der Waals surface area contributed by atoms with Crippen LogP contribution in [0.4, 0.5) is 5.13 Å². The molecule has 0 saturated heterocycles. The number of rotatable bonds is 6. The van der Waals surface area contributed by atoms with Gasteiger partial charge in [0.25, 0.3) is 5.91 Å². The molecule has 0 unspecified atom stereocenters. The minimum absolute atomic E-state index is 0.0286. The molecule has 2 N–H and O–H groups in total. The van der Waals surface area contributed by atoms with E-state index in [1.807, 2.05) is 6.92 Å². The van der Waals surface area contributed by atoms with Crippen LogP contribution in [0, 0.1) is 0 Å². The molecule has 1 amide bonds. The second-order valence-corrected chi connectivity index (χ2v) is 8.28. The molecule has 1 aromatic rings. The normalized spacial score (nSPS) is 12.2. The van der Waals surface area contributed by atoms with E-state index in [9.17, 15) is 13.2 Å². The Morgan fingerprint density at radius 3 is 2.53 bits per heavy atom. The van der Waals surface area contributed by atoms with Gasteiger partial charge in [-0.25, -0.2) is 8.42 Å². The summed E-state index contributed by atoms with van der Waals surface area (Å²) in [7, 11) is -3.24. The fraction of sp³-hybridized carbons (Fsp3) is 0.700. The van der Waals surface area contributed by atoms with Gasteiger partial charge in [0.2, 0.25) is 10.1 Å². The largest absolute Gasteiger partial charge is 0.360 e. The molecule has 19 heavy (non-hydrogen) atoms. The van der Waals surface area contributed by atoms with E-state index in [0.717, 1.165) is 17.6 Å². The first-order valence-electron chi connectivity index (χ1n) is 5.72. The molecule has 0 aliphatic carbocycles. The van der Waals surface area contributed by atoms with Gasteiger partial charge in [-0.2, -0.15) is 0 Å². The number of nitrogens with zero attached hydrogens (tertiary/aromatic N) is 2. The van der Waals surface area contributed by atoms with Crippen molar-refractivity contribution in [3.8, 4) is 0 Å². The number of hydrogen-bond acceptors (Lipinski definition) is 7. The van der Waals surface area contributed by atoms with Crippen LogP contribution in [0.25, 0.3) is 0 Å². The molecule has 0 saturated carbocycles. The number of sulfone groups is 1. The molecule has 1 aromatic heterocycles. The summed E-state index contributed by atoms with van der Waals surface area (Å²) in [5, 5.41) is 13.8. The summed E-state index contributed by atoms with van der Waals surface area (Å²) in [6, 6.07) is 0. The predicted octanol–water partition coefficient (Wildman–Crippen LogP) is 0.523. The third-order valence-electron chi connectivity index (χ3n) is 2.63. The molecule has 0 aliphatic heterocycles. The second kappa shape index (κ2) is 5.83. The zero-order valence-electron chi connectivity index (χ0n) is 11.3. The van der Waals surface area contributed by atoms with Gasteiger partial charge in [-0.3, -0.25) is 4.79 Å². The highest BCUT2D eigenvalue weighted by atomic mass is 32.2. The Hall–Kier alpha value is -1.22. The fourth-order valence-corrected chi connectivity index (χ4v) is 2.10. The number of aromatic nitrogens is 2. The maximum atomic E-state index is 11.8. The van der Waals surface area contributed by atoms with Gasteiger partial charge in [0, 0.05) is 19.3 Å². The van der Waals surface area contributed by atoms with Gasteiger partial charge in [-0.15, -0.1) is 10.2 Å². The van der Waals surface area contributed by atoms with Crippen molar-refractivity contribution in [2.45, 2.75) is 25.5 Å². The highest BCUT2D eigenvalue weighted by Gasteiger charge is 2.31. The molecular weight excluding hydrogens is 288 g/mol. The third-order valence-corrected chi connectivity index (χ3v) is 5.66. The first kappa shape index (κ1) is 15.8. The van der Waals surface area contributed by atoms with E-state index in [0.29, 0.717) is 11.7 Å². The molecule has 0 aliphatic rings. The molecule has 1 heterocycles. The van der Waals surface area contributed by atoms with Crippen molar-refractivity contribution in [1.29, 1.82) is 0 Å². The highest BCUT2D eigenvalue weighted by molar-refractivity contribution is 7.92. The van der Waals surface area contributed by atoms with E-state index in [2.05, 4.69) is 20.8 Å². The summed E-state index contributed by atoms with van der Waals surface area (Å²) >= 11 is 1.13. The minimum Gasteiger partial charge on any atom is -0.360 e. The summed E-state index contributed by atoms with van der Waals surface area (Å²) in [4.78, 5) is 11.8. The number of amides is 1. The lowest BCUT2D eigenvalue weighted by atomic mass is 10.2. The van der Waals surface area contributed by atoms with Crippen molar-refractivity contribution in [2.75, 3.05) is 24.7 Å². The molecule has 0 aromatic carbocycles. The van der Waals surface area contributed by atoms with Crippen molar-refractivity contribution >= 4 is 32.2 Å². The van der Waals surface area contributed by atoms with Gasteiger partial charge in [-0.05, 0) is 20.8 Å². The summed E-state index contributed by atoms with van der Waals surface area (Å²) in [6.07, 6.45) is 1.15. The number of anilines is 1. The van der Waals surface area contributed by atoms with E-state index >= 15 is 0 Å². The van der Waals surface area contributed by atoms with Crippen LogP contribution in [0.3, 0.4) is 0 Å². The predicted molar refractivity (Wildman–Crippen MR) is 75.3 cm³/mol. The van der Waals surface area contributed by atoms with Crippen LogP contribution in [0.15, 0.2) is 0 Å². The Morgan fingerprint density at radius 1 is 1.37 bits per heavy atom. The van der Waals surface area contributed by atoms with Gasteiger partial charge in [0.05, 0.1) is 4.75 Å². The van der Waals surface area contributed by atoms with Crippen molar-refractivity contribution in [3.63, 3.8) is 0 Å². The maximum Gasteiger partial charge on any atom is 0.282 e. The maximum absolute atomic E-state index is 11.8. The van der Waals surface area contributed by atoms with Gasteiger partial charge < -0.3 is 10.6 Å². The van der Waals surface area contributed by atoms with E-state index in [1.54, 1.807) is 13.8 Å². The number of carbonyl (C=O) groups excluding carboxylic acids is 1. The smallest absolute Gasteiger partial charge is 0.282 e. The van der Waals surface area contributed by atoms with Crippen LogP contribution in [-0.4, -0.2) is 48.6 Å². The lowest BCUT2D eigenvalue weighted by Crippen LogP contribution is -2.43. The Bertz CT molecular complexity index is 551. The Morgan fingerprint density at radius 2 is 2.00 bits per heavy atom. The van der Waals surface area contributed by atoms with Crippen LogP contribution >= 0.6 is 11.3 Å². The van der Waals surface area contributed by atoms with Crippen LogP contribution in [0.2, 0.25) is 0 Å². The highest BCUT2D eigenvalue weighted by Crippen LogP contribution is 2.16. The molecule has 108 valence electrons. The van der Waals surface area contributed by atoms with Crippen LogP contribution < -0.4 is 10.6 Å². The molecule has 0 radical (unpaired) electrons. The van der Waals surface area contributed by atoms with Crippen LogP contribution in [0.5, 0.6) is 0 Å². The molecule has 0 spiro atoms. The van der Waals surface area contributed by atoms with E-state index in [4.69, 9.17) is 0 Å². The standard InChI is InChI=1S/C10H18N4O3S2/c1-5-11-9-14-13-8(18-9)7(15)12-6-10(2,3)19(4,16)17/h5-6H2,1-4H3,(H,11,14)(H,12,15). The van der Waals surface area contributed by atoms with Crippen molar-refractivity contribution in [2.24, 2.45) is 0 Å². The Balaban J connectivity index is 2.65. The van der Waals surface area contributed by atoms with Gasteiger partial charge in [0.1, 0.15) is 0 Å². The third kappa shape index (κ3) is 4.13. The van der Waals surface area contributed by atoms with Gasteiger partial charge >= 0.3 is 0 Å². The van der Waals surface area contributed by atoms with Crippen molar-refractivity contribution < 1.29 is 13.2 Å². The molecular formula is C10H18N4O3S2. The zero-order valence-corrected chi connectivity index (χ0v) is 13.0. The van der Waals surface area contributed by atoms with Gasteiger partial charge in [0.15, 0.2) is 9.84 Å². The summed E-state index contributed by atoms with van der Waals surface area (Å²) in [6.45, 7) is 5.76. The molecule has 0 bridgehead atoms. The molecule has 9 heteroatoms. The fourth-order valence-electron chi connectivity index (χ4n) is 1.04. The van der Waals surface area contributed by atoms with E-state index < -0.39 is 20.5 Å². The summed E-state index contributed by atoms with van der Waals surface area (Å²) in [5.74, 6) is -0.418. The average Bonchev–Trinajstić information content (AvgIpc) is 2.73. The van der Waals surface area contributed by atoms with Crippen LogP contribution in [-0.2, 0) is 9.84 Å². The SMILES string of the molecule is CCNc1nnc(C(=O)NCC(C)(C)S(C)(=O)=O)s1. The lowest BCUT2D eigenvalue weighted by molar-refractivity contribution is 0.0949. The Labute approximate surface area is 116 Å². The monoisotopic (exact) mass is 306 g/mol. The topological polar surface area (TPSA) is 101 Å². The summed E-state index contributed by atoms with van der Waals surface area (Å²) in [5.41, 5.74) is 0. The van der Waals surface area contributed by atoms with Crippen LogP contribution in [0.1, 0.15) is 30.6 Å². The number of nitrogens with one attached hydrogen (secondary N) is 2. The first-order valence-corrected chi connectivity index (χ1v) is 8.43. The lowest BCUT2D eigenvalue weighted by Gasteiger charge is -2.22. The molecule has 1 rings (SSSR count). The Kier molecular flexibility index (Phi) is 4.86. The number of carbonyl (C=O) groups is 1. The van der Waals surface area contributed by atoms with E-state index in [1.165, 1.54) is 0 Å². The summed E-state index contributed by atoms with van der Waals surface area (Å²) < 4.78 is 22.0. The molecule has 0 fully saturated rings.